The minimum Gasteiger partial charge on any atom is -0.480 e. The summed E-state index contributed by atoms with van der Waals surface area (Å²) in [5.41, 5.74) is 1.50. The van der Waals surface area contributed by atoms with E-state index in [1.807, 2.05) is 6.92 Å². The van der Waals surface area contributed by atoms with E-state index < -0.39 is 22.0 Å². The zero-order valence-electron chi connectivity index (χ0n) is 12.1. The monoisotopic (exact) mass is 320 g/mol. The van der Waals surface area contributed by atoms with Crippen LogP contribution >= 0.6 is 0 Å². The van der Waals surface area contributed by atoms with Crippen molar-refractivity contribution in [3.05, 3.63) is 36.0 Å². The van der Waals surface area contributed by atoms with Gasteiger partial charge in [-0.3, -0.25) is 9.78 Å². The fourth-order valence-electron chi connectivity index (χ4n) is 2.91. The van der Waals surface area contributed by atoms with Gasteiger partial charge in [-0.25, -0.2) is 8.42 Å². The number of aromatic nitrogens is 1. The molecule has 6 nitrogen and oxygen atoms in total. The molecule has 116 valence electrons. The molecule has 1 aliphatic heterocycles. The molecule has 1 aromatic heterocycles. The highest BCUT2D eigenvalue weighted by atomic mass is 32.2. The van der Waals surface area contributed by atoms with Gasteiger partial charge in [0.15, 0.2) is 0 Å². The average molecular weight is 320 g/mol. The standard InChI is InChI=1S/C15H16N2O4S/c1-10-6-7-13(11-4-2-8-16-14(10)11)22(20,21)17-9-3-5-12(17)15(18)19/h2,4,6-8,12H,3,5,9H2,1H3,(H,18,19). The van der Waals surface area contributed by atoms with E-state index >= 15 is 0 Å². The summed E-state index contributed by atoms with van der Waals surface area (Å²) in [6.45, 7) is 2.09. The highest BCUT2D eigenvalue weighted by Gasteiger charge is 2.40. The first-order valence-corrected chi connectivity index (χ1v) is 8.46. The van der Waals surface area contributed by atoms with Crippen LogP contribution in [-0.2, 0) is 14.8 Å². The van der Waals surface area contributed by atoms with Gasteiger partial charge in [0.05, 0.1) is 10.4 Å². The van der Waals surface area contributed by atoms with Crippen molar-refractivity contribution in [2.75, 3.05) is 6.54 Å². The lowest BCUT2D eigenvalue weighted by Gasteiger charge is -2.22. The van der Waals surface area contributed by atoms with E-state index in [-0.39, 0.29) is 11.4 Å². The molecule has 0 spiro atoms. The zero-order valence-corrected chi connectivity index (χ0v) is 12.9. The molecule has 1 saturated heterocycles. The maximum atomic E-state index is 12.9. The summed E-state index contributed by atoms with van der Waals surface area (Å²) in [4.78, 5) is 15.6. The van der Waals surface area contributed by atoms with Crippen LogP contribution in [0.3, 0.4) is 0 Å². The van der Waals surface area contributed by atoms with Crippen LogP contribution in [0.25, 0.3) is 10.9 Å². The molecular weight excluding hydrogens is 304 g/mol. The van der Waals surface area contributed by atoms with Crippen LogP contribution in [0.5, 0.6) is 0 Å². The third-order valence-electron chi connectivity index (χ3n) is 4.01. The van der Waals surface area contributed by atoms with Gasteiger partial charge >= 0.3 is 5.97 Å². The lowest BCUT2D eigenvalue weighted by Crippen LogP contribution is -2.40. The minimum absolute atomic E-state index is 0.120. The Labute approximate surface area is 128 Å². The van der Waals surface area contributed by atoms with E-state index in [1.54, 1.807) is 24.4 Å². The van der Waals surface area contributed by atoms with Crippen molar-refractivity contribution in [3.8, 4) is 0 Å². The number of carbonyl (C=O) groups is 1. The van der Waals surface area contributed by atoms with Gasteiger partial charge in [-0.05, 0) is 43.5 Å². The Bertz CT molecular complexity index is 848. The smallest absolute Gasteiger partial charge is 0.322 e. The number of rotatable bonds is 3. The van der Waals surface area contributed by atoms with Crippen molar-refractivity contribution in [1.82, 2.24) is 9.29 Å². The topological polar surface area (TPSA) is 87.6 Å². The molecule has 22 heavy (non-hydrogen) atoms. The Morgan fingerprint density at radius 1 is 1.36 bits per heavy atom. The largest absolute Gasteiger partial charge is 0.480 e. The molecule has 2 aromatic rings. The molecule has 0 saturated carbocycles. The summed E-state index contributed by atoms with van der Waals surface area (Å²) in [7, 11) is -3.86. The highest BCUT2D eigenvalue weighted by Crippen LogP contribution is 2.31. The van der Waals surface area contributed by atoms with E-state index in [4.69, 9.17) is 0 Å². The summed E-state index contributed by atoms with van der Waals surface area (Å²) >= 11 is 0. The van der Waals surface area contributed by atoms with Gasteiger partial charge in [-0.1, -0.05) is 6.07 Å². The Morgan fingerprint density at radius 3 is 2.86 bits per heavy atom. The van der Waals surface area contributed by atoms with E-state index in [1.165, 1.54) is 6.07 Å². The van der Waals surface area contributed by atoms with Gasteiger partial charge in [0, 0.05) is 18.1 Å². The molecule has 0 radical (unpaired) electrons. The number of carboxylic acids is 1. The van der Waals surface area contributed by atoms with E-state index in [9.17, 15) is 18.3 Å². The van der Waals surface area contributed by atoms with Crippen molar-refractivity contribution in [3.63, 3.8) is 0 Å². The molecule has 1 fully saturated rings. The van der Waals surface area contributed by atoms with Crippen molar-refractivity contribution >= 4 is 26.9 Å². The molecule has 0 amide bonds. The Balaban J connectivity index is 2.18. The number of fused-ring (bicyclic) bond motifs is 1. The molecule has 7 heteroatoms. The number of hydrogen-bond donors (Lipinski definition) is 1. The van der Waals surface area contributed by atoms with Gasteiger partial charge in [0.25, 0.3) is 0 Å². The number of nitrogens with zero attached hydrogens (tertiary/aromatic N) is 2. The lowest BCUT2D eigenvalue weighted by molar-refractivity contribution is -0.140. The maximum Gasteiger partial charge on any atom is 0.322 e. The number of aryl methyl sites for hydroxylation is 1. The van der Waals surface area contributed by atoms with Gasteiger partial charge < -0.3 is 5.11 Å². The molecule has 1 N–H and O–H groups in total. The van der Waals surface area contributed by atoms with Crippen LogP contribution in [0.15, 0.2) is 35.4 Å². The molecule has 2 heterocycles. The van der Waals surface area contributed by atoms with E-state index in [2.05, 4.69) is 4.98 Å². The molecule has 0 bridgehead atoms. The fourth-order valence-corrected chi connectivity index (χ4v) is 4.75. The lowest BCUT2D eigenvalue weighted by atomic mass is 10.1. The predicted octanol–water partition coefficient (Wildman–Crippen LogP) is 1.78. The first-order chi connectivity index (χ1) is 10.4. The van der Waals surface area contributed by atoms with Gasteiger partial charge in [-0.2, -0.15) is 4.31 Å². The third-order valence-corrected chi connectivity index (χ3v) is 5.97. The number of hydrogen-bond acceptors (Lipinski definition) is 4. The van der Waals surface area contributed by atoms with Gasteiger partial charge in [-0.15, -0.1) is 0 Å². The maximum absolute atomic E-state index is 12.9. The Morgan fingerprint density at radius 2 is 2.14 bits per heavy atom. The van der Waals surface area contributed by atoms with Crippen LogP contribution in [-0.4, -0.2) is 41.4 Å². The number of aliphatic carboxylic acids is 1. The minimum atomic E-state index is -3.86. The zero-order chi connectivity index (χ0) is 15.9. The van der Waals surface area contributed by atoms with Crippen molar-refractivity contribution in [2.45, 2.75) is 30.7 Å². The molecule has 1 atom stereocenters. The molecule has 1 unspecified atom stereocenters. The summed E-state index contributed by atoms with van der Waals surface area (Å²) < 4.78 is 26.9. The summed E-state index contributed by atoms with van der Waals surface area (Å²) in [6.07, 6.45) is 2.51. The number of carboxylic acid groups (broad SMARTS) is 1. The quantitative estimate of drug-likeness (QED) is 0.931. The number of benzene rings is 1. The highest BCUT2D eigenvalue weighted by molar-refractivity contribution is 7.89. The average Bonchev–Trinajstić information content (AvgIpc) is 2.98. The molecule has 1 aliphatic rings. The van der Waals surface area contributed by atoms with Crippen LogP contribution in [0.4, 0.5) is 0 Å². The molecule has 1 aromatic carbocycles. The summed E-state index contributed by atoms with van der Waals surface area (Å²) in [5, 5.41) is 9.76. The third kappa shape index (κ3) is 2.26. The molecule has 0 aliphatic carbocycles. The van der Waals surface area contributed by atoms with E-state index in [0.717, 1.165) is 9.87 Å². The van der Waals surface area contributed by atoms with Crippen LogP contribution in [0, 0.1) is 6.92 Å². The molecule has 3 rings (SSSR count). The summed E-state index contributed by atoms with van der Waals surface area (Å²) in [5.74, 6) is -1.10. The normalized spacial score (nSPS) is 19.6. The van der Waals surface area contributed by atoms with Gasteiger partial charge in [0.1, 0.15) is 6.04 Å². The Kier molecular flexibility index (Phi) is 3.62. The van der Waals surface area contributed by atoms with Crippen molar-refractivity contribution in [1.29, 1.82) is 0 Å². The number of sulfonamides is 1. The van der Waals surface area contributed by atoms with Crippen LogP contribution in [0.2, 0.25) is 0 Å². The van der Waals surface area contributed by atoms with Crippen molar-refractivity contribution in [2.24, 2.45) is 0 Å². The van der Waals surface area contributed by atoms with Crippen molar-refractivity contribution < 1.29 is 18.3 Å². The second kappa shape index (κ2) is 5.33. The fraction of sp³-hybridized carbons (Fsp3) is 0.333. The Hall–Kier alpha value is -1.99. The van der Waals surface area contributed by atoms with Gasteiger partial charge in [0.2, 0.25) is 10.0 Å². The van der Waals surface area contributed by atoms with E-state index in [0.29, 0.717) is 23.7 Å². The predicted molar refractivity (Wildman–Crippen MR) is 81.0 cm³/mol. The first-order valence-electron chi connectivity index (χ1n) is 7.02. The summed E-state index contributed by atoms with van der Waals surface area (Å²) in [6, 6.07) is 5.63. The number of pyridine rings is 1. The van der Waals surface area contributed by atoms with Crippen LogP contribution < -0.4 is 0 Å². The SMILES string of the molecule is Cc1ccc(S(=O)(=O)N2CCCC2C(=O)O)c2cccnc12. The molecular formula is C15H16N2O4S. The first kappa shape index (κ1) is 14.9. The second-order valence-corrected chi connectivity index (χ2v) is 7.25. The second-order valence-electron chi connectivity index (χ2n) is 5.39. The van der Waals surface area contributed by atoms with Crippen LogP contribution in [0.1, 0.15) is 18.4 Å².